The molecule has 1 fully saturated rings. The van der Waals surface area contributed by atoms with Crippen LogP contribution in [0, 0.1) is 0 Å². The molecular weight excluding hydrogens is 305 g/mol. The van der Waals surface area contributed by atoms with Crippen molar-refractivity contribution in [2.45, 2.75) is 12.8 Å². The third-order valence-corrected chi connectivity index (χ3v) is 3.11. The molecule has 1 aliphatic rings. The fourth-order valence-electron chi connectivity index (χ4n) is 1.57. The first-order valence-corrected chi connectivity index (χ1v) is 6.44. The first-order chi connectivity index (χ1) is 9.47. The summed E-state index contributed by atoms with van der Waals surface area (Å²) >= 11 is 11.7. The fraction of sp³-hybridized carbons (Fsp3) is 0.154. The Hall–Kier alpha value is -1.85. The maximum absolute atomic E-state index is 11.5. The van der Waals surface area contributed by atoms with E-state index in [2.05, 4.69) is 4.84 Å². The number of hydroxylamine groups is 2. The second kappa shape index (κ2) is 6.07. The normalized spacial score (nSPS) is 15.2. The molecule has 0 saturated carbocycles. The predicted molar refractivity (Wildman–Crippen MR) is 72.7 cm³/mol. The minimum atomic E-state index is -0.834. The van der Waals surface area contributed by atoms with Gasteiger partial charge in [0, 0.05) is 29.0 Å². The van der Waals surface area contributed by atoms with Crippen LogP contribution in [0.1, 0.15) is 18.4 Å². The Balaban J connectivity index is 2.02. The molecule has 0 atom stereocenters. The van der Waals surface area contributed by atoms with Crippen LogP contribution in [-0.2, 0) is 19.2 Å². The Morgan fingerprint density at radius 3 is 2.45 bits per heavy atom. The van der Waals surface area contributed by atoms with E-state index in [-0.39, 0.29) is 12.8 Å². The molecule has 20 heavy (non-hydrogen) atoms. The molecule has 0 N–H and O–H groups in total. The number of carbonyl (C=O) groups excluding carboxylic acids is 3. The molecule has 0 radical (unpaired) electrons. The van der Waals surface area contributed by atoms with Crippen LogP contribution in [0.3, 0.4) is 0 Å². The second-order valence-corrected chi connectivity index (χ2v) is 4.83. The summed E-state index contributed by atoms with van der Waals surface area (Å²) in [6.45, 7) is 0. The number of hydrogen-bond acceptors (Lipinski definition) is 4. The monoisotopic (exact) mass is 313 g/mol. The average molecular weight is 314 g/mol. The van der Waals surface area contributed by atoms with Crippen LogP contribution in [0.4, 0.5) is 0 Å². The Bertz CT molecular complexity index is 596. The fourth-order valence-corrected chi connectivity index (χ4v) is 2.04. The van der Waals surface area contributed by atoms with E-state index >= 15 is 0 Å². The first-order valence-electron chi connectivity index (χ1n) is 5.68. The number of benzene rings is 1. The van der Waals surface area contributed by atoms with Crippen molar-refractivity contribution in [2.24, 2.45) is 0 Å². The lowest BCUT2D eigenvalue weighted by atomic mass is 10.2. The highest BCUT2D eigenvalue weighted by Crippen LogP contribution is 2.22. The van der Waals surface area contributed by atoms with Gasteiger partial charge in [0.05, 0.1) is 0 Å². The molecule has 1 aromatic carbocycles. The molecule has 0 aromatic heterocycles. The molecule has 2 amide bonds. The molecular formula is C13H9Cl2NO4. The number of carbonyl (C=O) groups is 3. The van der Waals surface area contributed by atoms with Crippen molar-refractivity contribution in [1.29, 1.82) is 0 Å². The molecule has 5 nitrogen and oxygen atoms in total. The Morgan fingerprint density at radius 2 is 1.85 bits per heavy atom. The van der Waals surface area contributed by atoms with Gasteiger partial charge in [0.1, 0.15) is 0 Å². The van der Waals surface area contributed by atoms with Gasteiger partial charge in [0.25, 0.3) is 11.8 Å². The van der Waals surface area contributed by atoms with E-state index < -0.39 is 17.8 Å². The van der Waals surface area contributed by atoms with Crippen molar-refractivity contribution < 1.29 is 19.2 Å². The van der Waals surface area contributed by atoms with Gasteiger partial charge in [0.2, 0.25) is 0 Å². The van der Waals surface area contributed by atoms with Crippen LogP contribution in [0.25, 0.3) is 6.08 Å². The first kappa shape index (κ1) is 14.6. The zero-order valence-corrected chi connectivity index (χ0v) is 11.6. The topological polar surface area (TPSA) is 63.7 Å². The lowest BCUT2D eigenvalue weighted by molar-refractivity contribution is -0.193. The summed E-state index contributed by atoms with van der Waals surface area (Å²) in [5.41, 5.74) is 0.562. The summed E-state index contributed by atoms with van der Waals surface area (Å²) in [6, 6.07) is 4.77. The maximum Gasteiger partial charge on any atom is 0.356 e. The molecule has 7 heteroatoms. The summed E-state index contributed by atoms with van der Waals surface area (Å²) in [6.07, 6.45) is 2.59. The van der Waals surface area contributed by atoms with Crippen molar-refractivity contribution in [3.63, 3.8) is 0 Å². The van der Waals surface area contributed by atoms with E-state index in [9.17, 15) is 14.4 Å². The molecule has 0 spiro atoms. The van der Waals surface area contributed by atoms with Crippen LogP contribution in [-0.4, -0.2) is 22.8 Å². The number of amides is 2. The number of imide groups is 1. The smallest absolute Gasteiger partial charge is 0.326 e. The number of nitrogens with zero attached hydrogens (tertiary/aromatic N) is 1. The second-order valence-electron chi connectivity index (χ2n) is 3.99. The predicted octanol–water partition coefficient (Wildman–Crippen LogP) is 2.61. The van der Waals surface area contributed by atoms with E-state index in [0.29, 0.717) is 20.7 Å². The van der Waals surface area contributed by atoms with E-state index in [1.807, 2.05) is 0 Å². The minimum Gasteiger partial charge on any atom is -0.326 e. The Kier molecular flexibility index (Phi) is 4.42. The molecule has 2 rings (SSSR count). The highest BCUT2D eigenvalue weighted by molar-refractivity contribution is 6.35. The Labute approximate surface area is 124 Å². The van der Waals surface area contributed by atoms with Gasteiger partial charge in [-0.15, -0.1) is 5.06 Å². The summed E-state index contributed by atoms with van der Waals surface area (Å²) in [5, 5.41) is 1.33. The molecule has 0 bridgehead atoms. The summed E-state index contributed by atoms with van der Waals surface area (Å²) in [4.78, 5) is 38.7. The molecule has 104 valence electrons. The van der Waals surface area contributed by atoms with Gasteiger partial charge in [-0.2, -0.15) is 0 Å². The van der Waals surface area contributed by atoms with Crippen LogP contribution < -0.4 is 0 Å². The van der Waals surface area contributed by atoms with Crippen LogP contribution in [0.5, 0.6) is 0 Å². The average Bonchev–Trinajstić information content (AvgIpc) is 2.69. The van der Waals surface area contributed by atoms with Gasteiger partial charge in [-0.25, -0.2) is 4.79 Å². The zero-order chi connectivity index (χ0) is 14.7. The maximum atomic E-state index is 11.5. The standard InChI is InChI=1S/C13H9Cl2NO4/c14-9-3-1-8(10(15)7-9)2-6-13(19)20-16-11(17)4-5-12(16)18/h1-3,6-7H,4-5H2. The number of rotatable bonds is 3. The highest BCUT2D eigenvalue weighted by Gasteiger charge is 2.32. The summed E-state index contributed by atoms with van der Waals surface area (Å²) in [7, 11) is 0. The van der Waals surface area contributed by atoms with Crippen molar-refractivity contribution >= 4 is 47.1 Å². The molecule has 1 saturated heterocycles. The van der Waals surface area contributed by atoms with Crippen molar-refractivity contribution in [2.75, 3.05) is 0 Å². The molecule has 1 aromatic rings. The van der Waals surface area contributed by atoms with Crippen molar-refractivity contribution in [3.8, 4) is 0 Å². The van der Waals surface area contributed by atoms with Gasteiger partial charge >= 0.3 is 5.97 Å². The lowest BCUT2D eigenvalue weighted by Gasteiger charge is -2.10. The van der Waals surface area contributed by atoms with E-state index in [0.717, 1.165) is 6.08 Å². The van der Waals surface area contributed by atoms with Gasteiger partial charge < -0.3 is 4.84 Å². The third kappa shape index (κ3) is 3.37. The largest absolute Gasteiger partial charge is 0.356 e. The number of halogens is 2. The molecule has 0 aliphatic carbocycles. The van der Waals surface area contributed by atoms with Gasteiger partial charge in [-0.05, 0) is 23.8 Å². The number of hydrogen-bond donors (Lipinski definition) is 0. The van der Waals surface area contributed by atoms with E-state index in [1.54, 1.807) is 12.1 Å². The van der Waals surface area contributed by atoms with Crippen molar-refractivity contribution in [1.82, 2.24) is 5.06 Å². The lowest BCUT2D eigenvalue weighted by Crippen LogP contribution is -2.31. The van der Waals surface area contributed by atoms with E-state index in [4.69, 9.17) is 23.2 Å². The minimum absolute atomic E-state index is 0.0544. The SMILES string of the molecule is O=C(C=Cc1ccc(Cl)cc1Cl)ON1C(=O)CCC1=O. The quantitative estimate of drug-likeness (QED) is 0.635. The molecule has 1 aliphatic heterocycles. The van der Waals surface area contributed by atoms with Gasteiger partial charge in [0.15, 0.2) is 0 Å². The van der Waals surface area contributed by atoms with E-state index in [1.165, 1.54) is 12.1 Å². The van der Waals surface area contributed by atoms with Crippen LogP contribution in [0.2, 0.25) is 10.0 Å². The summed E-state index contributed by atoms with van der Waals surface area (Å²) in [5.74, 6) is -1.89. The molecule has 1 heterocycles. The van der Waals surface area contributed by atoms with Gasteiger partial charge in [-0.3, -0.25) is 9.59 Å². The van der Waals surface area contributed by atoms with Crippen molar-refractivity contribution in [3.05, 3.63) is 39.9 Å². The van der Waals surface area contributed by atoms with Crippen LogP contribution in [0.15, 0.2) is 24.3 Å². The summed E-state index contributed by atoms with van der Waals surface area (Å²) < 4.78 is 0. The zero-order valence-electron chi connectivity index (χ0n) is 10.1. The van der Waals surface area contributed by atoms with Crippen LogP contribution >= 0.6 is 23.2 Å². The van der Waals surface area contributed by atoms with Gasteiger partial charge in [-0.1, -0.05) is 29.3 Å². The molecule has 0 unspecified atom stereocenters. The Morgan fingerprint density at radius 1 is 1.20 bits per heavy atom. The highest BCUT2D eigenvalue weighted by atomic mass is 35.5. The third-order valence-electron chi connectivity index (χ3n) is 2.55.